The lowest BCUT2D eigenvalue weighted by Gasteiger charge is -2.06. The van der Waals surface area contributed by atoms with Gasteiger partial charge in [-0.2, -0.15) is 5.26 Å². The van der Waals surface area contributed by atoms with Crippen molar-refractivity contribution >= 4 is 17.8 Å². The molecule has 2 aromatic rings. The predicted molar refractivity (Wildman–Crippen MR) is 90.7 cm³/mol. The normalized spacial score (nSPS) is 10.3. The number of aryl methyl sites for hydroxylation is 1. The second-order valence-corrected chi connectivity index (χ2v) is 4.95. The summed E-state index contributed by atoms with van der Waals surface area (Å²) in [7, 11) is 0. The second kappa shape index (κ2) is 8.35. The summed E-state index contributed by atoms with van der Waals surface area (Å²) in [4.78, 5) is 15.8. The molecule has 116 valence electrons. The summed E-state index contributed by atoms with van der Waals surface area (Å²) < 4.78 is 0. The smallest absolute Gasteiger partial charge is 0.244 e. The number of pyridine rings is 1. The lowest BCUT2D eigenvalue weighted by molar-refractivity contribution is -0.116. The van der Waals surface area contributed by atoms with E-state index in [2.05, 4.69) is 15.6 Å². The minimum atomic E-state index is -0.136. The Hall–Kier alpha value is -3.13. The minimum absolute atomic E-state index is 0.136. The molecular formula is C18H18N4O. The molecule has 0 radical (unpaired) electrons. The molecule has 0 aliphatic rings. The number of carbonyl (C=O) groups excluding carboxylic acids is 1. The van der Waals surface area contributed by atoms with Crippen LogP contribution < -0.4 is 10.6 Å². The molecule has 2 rings (SSSR count). The third-order valence-corrected chi connectivity index (χ3v) is 3.23. The average Bonchev–Trinajstić information content (AvgIpc) is 2.58. The molecule has 0 saturated heterocycles. The standard InChI is InChI=1S/C18H18N4O/c1-14-4-2-3-5-16(14)7-9-18(23)21-11-10-20-17-8-6-15(12-19)13-22-17/h2-9,13H,10-11H2,1H3,(H,20,22)(H,21,23)/b9-7+. The largest absolute Gasteiger partial charge is 0.368 e. The van der Waals surface area contributed by atoms with Crippen molar-refractivity contribution in [3.05, 3.63) is 65.4 Å². The first-order valence-corrected chi connectivity index (χ1v) is 7.30. The fraction of sp³-hybridized carbons (Fsp3) is 0.167. The van der Waals surface area contributed by atoms with Crippen molar-refractivity contribution in [3.63, 3.8) is 0 Å². The number of amides is 1. The van der Waals surface area contributed by atoms with E-state index >= 15 is 0 Å². The predicted octanol–water partition coefficient (Wildman–Crippen LogP) is 2.50. The van der Waals surface area contributed by atoms with Crippen molar-refractivity contribution in [3.8, 4) is 6.07 Å². The zero-order valence-corrected chi connectivity index (χ0v) is 12.9. The first kappa shape index (κ1) is 16.2. The molecule has 1 aromatic heterocycles. The highest BCUT2D eigenvalue weighted by atomic mass is 16.1. The summed E-state index contributed by atoms with van der Waals surface area (Å²) in [5.41, 5.74) is 2.68. The molecule has 2 N–H and O–H groups in total. The Balaban J connectivity index is 1.72. The van der Waals surface area contributed by atoms with Gasteiger partial charge in [-0.05, 0) is 36.3 Å². The van der Waals surface area contributed by atoms with Crippen LogP contribution in [-0.2, 0) is 4.79 Å². The van der Waals surface area contributed by atoms with Crippen LogP contribution in [0.1, 0.15) is 16.7 Å². The van der Waals surface area contributed by atoms with Crippen LogP contribution in [0.4, 0.5) is 5.82 Å². The Morgan fingerprint density at radius 3 is 2.78 bits per heavy atom. The number of rotatable bonds is 6. The number of aromatic nitrogens is 1. The molecule has 0 bridgehead atoms. The summed E-state index contributed by atoms with van der Waals surface area (Å²) in [6.07, 6.45) is 4.84. The molecule has 0 fully saturated rings. The number of nitriles is 1. The topological polar surface area (TPSA) is 77.8 Å². The third-order valence-electron chi connectivity index (χ3n) is 3.23. The number of anilines is 1. The van der Waals surface area contributed by atoms with E-state index in [1.807, 2.05) is 37.3 Å². The maximum Gasteiger partial charge on any atom is 0.244 e. The average molecular weight is 306 g/mol. The van der Waals surface area contributed by atoms with Gasteiger partial charge in [-0.1, -0.05) is 24.3 Å². The Morgan fingerprint density at radius 2 is 2.09 bits per heavy atom. The maximum absolute atomic E-state index is 11.7. The lowest BCUT2D eigenvalue weighted by Crippen LogP contribution is -2.27. The van der Waals surface area contributed by atoms with Crippen LogP contribution in [0.25, 0.3) is 6.08 Å². The summed E-state index contributed by atoms with van der Waals surface area (Å²) in [6.45, 7) is 3.05. The highest BCUT2D eigenvalue weighted by molar-refractivity contribution is 5.91. The van der Waals surface area contributed by atoms with Crippen LogP contribution in [0.3, 0.4) is 0 Å². The second-order valence-electron chi connectivity index (χ2n) is 4.95. The van der Waals surface area contributed by atoms with Crippen molar-refractivity contribution in [2.45, 2.75) is 6.92 Å². The Kier molecular flexibility index (Phi) is 5.89. The molecule has 0 unspecified atom stereocenters. The van der Waals surface area contributed by atoms with Crippen molar-refractivity contribution in [1.29, 1.82) is 5.26 Å². The summed E-state index contributed by atoms with van der Waals surface area (Å²) in [5.74, 6) is 0.538. The van der Waals surface area contributed by atoms with E-state index in [9.17, 15) is 4.79 Å². The molecular weight excluding hydrogens is 288 g/mol. The zero-order chi connectivity index (χ0) is 16.5. The molecule has 0 saturated carbocycles. The van der Waals surface area contributed by atoms with Gasteiger partial charge in [0.1, 0.15) is 11.9 Å². The number of nitrogens with one attached hydrogen (secondary N) is 2. The SMILES string of the molecule is Cc1ccccc1/C=C/C(=O)NCCNc1ccc(C#N)cn1. The van der Waals surface area contributed by atoms with Crippen LogP contribution in [-0.4, -0.2) is 24.0 Å². The number of nitrogens with zero attached hydrogens (tertiary/aromatic N) is 2. The van der Waals surface area contributed by atoms with E-state index in [-0.39, 0.29) is 5.91 Å². The van der Waals surface area contributed by atoms with Crippen LogP contribution >= 0.6 is 0 Å². The Bertz CT molecular complexity index is 729. The first-order chi connectivity index (χ1) is 11.2. The van der Waals surface area contributed by atoms with Gasteiger partial charge in [-0.3, -0.25) is 4.79 Å². The van der Waals surface area contributed by atoms with E-state index in [1.165, 1.54) is 12.3 Å². The molecule has 0 aliphatic carbocycles. The molecule has 0 atom stereocenters. The van der Waals surface area contributed by atoms with Crippen molar-refractivity contribution < 1.29 is 4.79 Å². The van der Waals surface area contributed by atoms with Crippen LogP contribution in [0.2, 0.25) is 0 Å². The van der Waals surface area contributed by atoms with Gasteiger partial charge in [-0.25, -0.2) is 4.98 Å². The van der Waals surface area contributed by atoms with E-state index < -0.39 is 0 Å². The van der Waals surface area contributed by atoms with E-state index in [1.54, 1.807) is 18.2 Å². The maximum atomic E-state index is 11.7. The van der Waals surface area contributed by atoms with Gasteiger partial charge in [0.2, 0.25) is 5.91 Å². The van der Waals surface area contributed by atoms with Crippen molar-refractivity contribution in [2.75, 3.05) is 18.4 Å². The molecule has 0 aliphatic heterocycles. The van der Waals surface area contributed by atoms with Gasteiger partial charge in [-0.15, -0.1) is 0 Å². The Labute approximate surface area is 135 Å². The molecule has 5 heteroatoms. The third kappa shape index (κ3) is 5.29. The Morgan fingerprint density at radius 1 is 1.26 bits per heavy atom. The van der Waals surface area contributed by atoms with Crippen LogP contribution in [0.15, 0.2) is 48.7 Å². The summed E-state index contributed by atoms with van der Waals surface area (Å²) in [6, 6.07) is 13.3. The number of hydrogen-bond acceptors (Lipinski definition) is 4. The summed E-state index contributed by atoms with van der Waals surface area (Å²) >= 11 is 0. The number of benzene rings is 1. The highest BCUT2D eigenvalue weighted by Crippen LogP contribution is 2.08. The van der Waals surface area contributed by atoms with E-state index in [4.69, 9.17) is 5.26 Å². The minimum Gasteiger partial charge on any atom is -0.368 e. The monoisotopic (exact) mass is 306 g/mol. The van der Waals surface area contributed by atoms with Crippen LogP contribution in [0.5, 0.6) is 0 Å². The molecule has 1 amide bonds. The summed E-state index contributed by atoms with van der Waals surface area (Å²) in [5, 5.41) is 14.6. The van der Waals surface area contributed by atoms with Crippen molar-refractivity contribution in [1.82, 2.24) is 10.3 Å². The van der Waals surface area contributed by atoms with Crippen LogP contribution in [0, 0.1) is 18.3 Å². The van der Waals surface area contributed by atoms with Gasteiger partial charge in [0.25, 0.3) is 0 Å². The molecule has 1 aromatic carbocycles. The van der Waals surface area contributed by atoms with Crippen molar-refractivity contribution in [2.24, 2.45) is 0 Å². The lowest BCUT2D eigenvalue weighted by atomic mass is 10.1. The van der Waals surface area contributed by atoms with Gasteiger partial charge >= 0.3 is 0 Å². The zero-order valence-electron chi connectivity index (χ0n) is 12.9. The molecule has 23 heavy (non-hydrogen) atoms. The fourth-order valence-electron chi connectivity index (χ4n) is 1.94. The highest BCUT2D eigenvalue weighted by Gasteiger charge is 1.98. The van der Waals surface area contributed by atoms with E-state index in [0.717, 1.165) is 11.1 Å². The van der Waals surface area contributed by atoms with Gasteiger partial charge in [0, 0.05) is 25.4 Å². The molecule has 5 nitrogen and oxygen atoms in total. The van der Waals surface area contributed by atoms with Gasteiger partial charge < -0.3 is 10.6 Å². The molecule has 0 spiro atoms. The van der Waals surface area contributed by atoms with E-state index in [0.29, 0.717) is 24.5 Å². The number of carbonyl (C=O) groups is 1. The van der Waals surface area contributed by atoms with Gasteiger partial charge in [0.05, 0.1) is 5.56 Å². The van der Waals surface area contributed by atoms with Gasteiger partial charge in [0.15, 0.2) is 0 Å². The quantitative estimate of drug-likeness (QED) is 0.635. The first-order valence-electron chi connectivity index (χ1n) is 7.30. The molecule has 1 heterocycles. The number of hydrogen-bond donors (Lipinski definition) is 2. The fourth-order valence-corrected chi connectivity index (χ4v) is 1.94.